The van der Waals surface area contributed by atoms with Gasteiger partial charge in [0.15, 0.2) is 5.69 Å². The van der Waals surface area contributed by atoms with Gasteiger partial charge in [-0.3, -0.25) is 4.79 Å². The molecule has 0 spiro atoms. The second-order valence-electron chi connectivity index (χ2n) is 4.28. The topological polar surface area (TPSA) is 79.3 Å². The van der Waals surface area contributed by atoms with Crippen LogP contribution in [0.15, 0.2) is 12.1 Å². The van der Waals surface area contributed by atoms with Gasteiger partial charge in [0.25, 0.3) is 0 Å². The Balaban J connectivity index is 1.90. The Bertz CT molecular complexity index is 646. The molecule has 0 saturated carbocycles. The molecular weight excluding hydrogens is 296 g/mol. The Morgan fingerprint density at radius 2 is 2.05 bits per heavy atom. The van der Waals surface area contributed by atoms with Gasteiger partial charge >= 0.3 is 5.97 Å². The molecule has 2 aromatic heterocycles. The lowest BCUT2D eigenvalue weighted by Gasteiger charge is -2.01. The van der Waals surface area contributed by atoms with Gasteiger partial charge in [0.2, 0.25) is 5.91 Å². The first-order valence-electron chi connectivity index (χ1n) is 5.97. The van der Waals surface area contributed by atoms with Crippen molar-refractivity contribution >= 4 is 34.6 Å². The van der Waals surface area contributed by atoms with E-state index in [4.69, 9.17) is 5.11 Å². The van der Waals surface area contributed by atoms with E-state index in [2.05, 4.69) is 10.3 Å². The van der Waals surface area contributed by atoms with Crippen molar-refractivity contribution < 1.29 is 14.7 Å². The molecule has 2 heterocycles. The summed E-state index contributed by atoms with van der Waals surface area (Å²) in [6, 6.07) is 3.92. The third kappa shape index (κ3) is 3.64. The maximum absolute atomic E-state index is 11.8. The number of carbonyl (C=O) groups excluding carboxylic acids is 1. The number of amides is 1. The van der Waals surface area contributed by atoms with Crippen molar-refractivity contribution in [2.75, 3.05) is 0 Å². The smallest absolute Gasteiger partial charge is 0.355 e. The van der Waals surface area contributed by atoms with Crippen LogP contribution in [0.4, 0.5) is 0 Å². The van der Waals surface area contributed by atoms with Crippen molar-refractivity contribution in [1.82, 2.24) is 10.3 Å². The predicted molar refractivity (Wildman–Crippen MR) is 78.4 cm³/mol. The highest BCUT2D eigenvalue weighted by Crippen LogP contribution is 2.18. The normalized spacial score (nSPS) is 10.5. The molecule has 2 aromatic rings. The lowest BCUT2D eigenvalue weighted by Crippen LogP contribution is -2.24. The molecule has 106 valence electrons. The van der Waals surface area contributed by atoms with Crippen LogP contribution in [0.2, 0.25) is 0 Å². The first-order chi connectivity index (χ1) is 9.45. The number of aromatic nitrogens is 1. The average Bonchev–Trinajstić information content (AvgIpc) is 2.93. The third-order valence-electron chi connectivity index (χ3n) is 2.61. The van der Waals surface area contributed by atoms with E-state index in [1.807, 2.05) is 19.1 Å². The molecule has 5 nitrogen and oxygen atoms in total. The second-order valence-corrected chi connectivity index (χ2v) is 6.94. The Morgan fingerprint density at radius 3 is 2.60 bits per heavy atom. The van der Waals surface area contributed by atoms with Gasteiger partial charge in [0.1, 0.15) is 5.01 Å². The van der Waals surface area contributed by atoms with E-state index in [9.17, 15) is 9.59 Å². The van der Waals surface area contributed by atoms with Crippen molar-refractivity contribution in [3.8, 4) is 0 Å². The van der Waals surface area contributed by atoms with Crippen LogP contribution in [-0.2, 0) is 17.8 Å². The van der Waals surface area contributed by atoms with E-state index in [1.165, 1.54) is 16.2 Å². The first-order valence-corrected chi connectivity index (χ1v) is 7.60. The predicted octanol–water partition coefficient (Wildman–Crippen LogP) is 2.38. The van der Waals surface area contributed by atoms with Crippen molar-refractivity contribution in [3.05, 3.63) is 37.5 Å². The summed E-state index contributed by atoms with van der Waals surface area (Å²) >= 11 is 2.89. The van der Waals surface area contributed by atoms with Gasteiger partial charge in [-0.05, 0) is 26.0 Å². The van der Waals surface area contributed by atoms with Gasteiger partial charge in [-0.2, -0.15) is 0 Å². The molecule has 2 N–H and O–H groups in total. The largest absolute Gasteiger partial charge is 0.476 e. The average molecular weight is 310 g/mol. The Kier molecular flexibility index (Phi) is 4.51. The Morgan fingerprint density at radius 1 is 1.30 bits per heavy atom. The number of carboxylic acids is 1. The molecule has 2 rings (SSSR count). The molecule has 0 aliphatic rings. The van der Waals surface area contributed by atoms with E-state index in [-0.39, 0.29) is 18.1 Å². The number of thiophene rings is 1. The molecule has 1 amide bonds. The van der Waals surface area contributed by atoms with Crippen LogP contribution in [-0.4, -0.2) is 22.0 Å². The molecule has 0 aliphatic carbocycles. The number of aryl methyl sites for hydroxylation is 2. The zero-order valence-electron chi connectivity index (χ0n) is 11.1. The van der Waals surface area contributed by atoms with E-state index in [0.717, 1.165) is 4.88 Å². The molecule has 20 heavy (non-hydrogen) atoms. The van der Waals surface area contributed by atoms with Crippen LogP contribution in [0.3, 0.4) is 0 Å². The number of rotatable bonds is 5. The molecule has 0 fully saturated rings. The lowest BCUT2D eigenvalue weighted by molar-refractivity contribution is -0.120. The number of carboxylic acid groups (broad SMARTS) is 1. The van der Waals surface area contributed by atoms with Crippen LogP contribution >= 0.6 is 22.7 Å². The number of carbonyl (C=O) groups is 2. The molecule has 0 atom stereocenters. The van der Waals surface area contributed by atoms with E-state index in [1.54, 1.807) is 18.3 Å². The van der Waals surface area contributed by atoms with Crippen molar-refractivity contribution in [2.24, 2.45) is 0 Å². The molecule has 0 unspecified atom stereocenters. The first kappa shape index (κ1) is 14.7. The highest BCUT2D eigenvalue weighted by Gasteiger charge is 2.14. The summed E-state index contributed by atoms with van der Waals surface area (Å²) in [6.45, 7) is 3.97. The number of hydrogen-bond donors (Lipinski definition) is 2. The Hall–Kier alpha value is -1.73. The van der Waals surface area contributed by atoms with Crippen LogP contribution in [0.1, 0.15) is 30.1 Å². The molecule has 0 aliphatic heterocycles. The molecule has 0 saturated heterocycles. The number of thiazole rings is 1. The summed E-state index contributed by atoms with van der Waals surface area (Å²) in [5.41, 5.74) is 0.0631. The van der Waals surface area contributed by atoms with Gasteiger partial charge in [-0.25, -0.2) is 9.78 Å². The third-order valence-corrected chi connectivity index (χ3v) is 4.58. The zero-order chi connectivity index (χ0) is 14.7. The minimum atomic E-state index is -1.04. The maximum Gasteiger partial charge on any atom is 0.355 e. The molecule has 0 aromatic carbocycles. The molecule has 0 bridgehead atoms. The standard InChI is InChI=1S/C13H14N2O3S2/c1-7-3-4-9(19-7)5-10(16)14-6-11-15-12(13(17)18)8(2)20-11/h3-4H,5-6H2,1-2H3,(H,14,16)(H,17,18). The van der Waals surface area contributed by atoms with Crippen LogP contribution in [0.5, 0.6) is 0 Å². The summed E-state index contributed by atoms with van der Waals surface area (Å²) in [5.74, 6) is -1.12. The van der Waals surface area contributed by atoms with E-state index in [0.29, 0.717) is 16.3 Å². The highest BCUT2D eigenvalue weighted by atomic mass is 32.1. The van der Waals surface area contributed by atoms with Crippen molar-refractivity contribution in [2.45, 2.75) is 26.8 Å². The van der Waals surface area contributed by atoms with Gasteiger partial charge < -0.3 is 10.4 Å². The SMILES string of the molecule is Cc1ccc(CC(=O)NCc2nc(C(=O)O)c(C)s2)s1. The number of hydrogen-bond acceptors (Lipinski definition) is 5. The summed E-state index contributed by atoms with van der Waals surface area (Å²) in [7, 11) is 0. The lowest BCUT2D eigenvalue weighted by atomic mass is 10.3. The fraction of sp³-hybridized carbons (Fsp3) is 0.308. The minimum Gasteiger partial charge on any atom is -0.476 e. The monoisotopic (exact) mass is 310 g/mol. The summed E-state index contributed by atoms with van der Waals surface area (Å²) in [5, 5.41) is 12.3. The minimum absolute atomic E-state index is 0.0631. The fourth-order valence-electron chi connectivity index (χ4n) is 1.70. The Labute approximate surface area is 124 Å². The van der Waals surface area contributed by atoms with Crippen molar-refractivity contribution in [1.29, 1.82) is 0 Å². The van der Waals surface area contributed by atoms with Gasteiger partial charge in [0, 0.05) is 14.6 Å². The molecule has 0 radical (unpaired) electrons. The number of nitrogens with zero attached hydrogens (tertiary/aromatic N) is 1. The van der Waals surface area contributed by atoms with Crippen LogP contribution in [0, 0.1) is 13.8 Å². The number of aromatic carboxylic acids is 1. The zero-order valence-corrected chi connectivity index (χ0v) is 12.7. The summed E-state index contributed by atoms with van der Waals surface area (Å²) < 4.78 is 0. The van der Waals surface area contributed by atoms with Gasteiger partial charge in [-0.1, -0.05) is 0 Å². The fourth-order valence-corrected chi connectivity index (χ4v) is 3.45. The maximum atomic E-state index is 11.8. The van der Waals surface area contributed by atoms with Crippen LogP contribution < -0.4 is 5.32 Å². The molecule has 7 heteroatoms. The quantitative estimate of drug-likeness (QED) is 0.888. The van der Waals surface area contributed by atoms with E-state index >= 15 is 0 Å². The summed E-state index contributed by atoms with van der Waals surface area (Å²) in [6.07, 6.45) is 0.342. The van der Waals surface area contributed by atoms with Crippen molar-refractivity contribution in [3.63, 3.8) is 0 Å². The molecular formula is C13H14N2O3S2. The van der Waals surface area contributed by atoms with Gasteiger partial charge in [-0.15, -0.1) is 22.7 Å². The van der Waals surface area contributed by atoms with Gasteiger partial charge in [0.05, 0.1) is 13.0 Å². The number of nitrogens with one attached hydrogen (secondary N) is 1. The highest BCUT2D eigenvalue weighted by molar-refractivity contribution is 7.12. The second kappa shape index (κ2) is 6.15. The summed E-state index contributed by atoms with van der Waals surface area (Å²) in [4.78, 5) is 29.5. The van der Waals surface area contributed by atoms with E-state index < -0.39 is 5.97 Å². The van der Waals surface area contributed by atoms with Crippen LogP contribution in [0.25, 0.3) is 0 Å².